The Morgan fingerprint density at radius 3 is 2.79 bits per heavy atom. The molecule has 7 heteroatoms. The molecule has 1 heterocycles. The molecular formula is C17H15BrFN5. The van der Waals surface area contributed by atoms with Gasteiger partial charge in [0, 0.05) is 22.3 Å². The van der Waals surface area contributed by atoms with E-state index in [4.69, 9.17) is 0 Å². The second-order valence-corrected chi connectivity index (χ2v) is 6.05. The van der Waals surface area contributed by atoms with Gasteiger partial charge in [-0.15, -0.1) is 5.10 Å². The molecule has 0 saturated heterocycles. The summed E-state index contributed by atoms with van der Waals surface area (Å²) in [7, 11) is 0. The van der Waals surface area contributed by atoms with Crippen molar-refractivity contribution in [3.05, 3.63) is 70.1 Å². The van der Waals surface area contributed by atoms with Gasteiger partial charge >= 0.3 is 0 Å². The van der Waals surface area contributed by atoms with Crippen molar-refractivity contribution in [1.29, 1.82) is 0 Å². The van der Waals surface area contributed by atoms with Gasteiger partial charge in [0.25, 0.3) is 0 Å². The summed E-state index contributed by atoms with van der Waals surface area (Å²) in [6.45, 7) is 2.33. The largest absolute Gasteiger partial charge is 0.364 e. The van der Waals surface area contributed by atoms with E-state index in [2.05, 4.69) is 41.7 Å². The van der Waals surface area contributed by atoms with Crippen LogP contribution in [-0.2, 0) is 6.54 Å². The molecule has 1 aromatic heterocycles. The van der Waals surface area contributed by atoms with Gasteiger partial charge in [-0.3, -0.25) is 0 Å². The Morgan fingerprint density at radius 1 is 1.17 bits per heavy atom. The van der Waals surface area contributed by atoms with Gasteiger partial charge in [-0.05, 0) is 30.7 Å². The summed E-state index contributed by atoms with van der Waals surface area (Å²) in [5.41, 5.74) is 2.55. The first-order valence-electron chi connectivity index (χ1n) is 7.32. The first-order chi connectivity index (χ1) is 11.6. The minimum atomic E-state index is -0.255. The minimum absolute atomic E-state index is 0.255. The molecular weight excluding hydrogens is 373 g/mol. The number of anilines is 3. The summed E-state index contributed by atoms with van der Waals surface area (Å²) in [4.78, 5) is 4.33. The van der Waals surface area contributed by atoms with Crippen LogP contribution in [0.15, 0.2) is 53.1 Å². The van der Waals surface area contributed by atoms with E-state index in [1.165, 1.54) is 12.3 Å². The van der Waals surface area contributed by atoms with E-state index >= 15 is 0 Å². The summed E-state index contributed by atoms with van der Waals surface area (Å²) in [5.74, 6) is 0.626. The number of nitrogens with one attached hydrogen (secondary N) is 2. The van der Waals surface area contributed by atoms with Crippen LogP contribution in [0, 0.1) is 12.7 Å². The number of nitrogens with zero attached hydrogens (tertiary/aromatic N) is 3. The molecule has 0 atom stereocenters. The fraction of sp³-hybridized carbons (Fsp3) is 0.118. The molecule has 0 aliphatic rings. The van der Waals surface area contributed by atoms with Crippen molar-refractivity contribution in [2.45, 2.75) is 13.5 Å². The molecule has 0 spiro atoms. The van der Waals surface area contributed by atoms with Crippen molar-refractivity contribution in [2.24, 2.45) is 0 Å². The van der Waals surface area contributed by atoms with Gasteiger partial charge in [-0.25, -0.2) is 4.39 Å². The molecule has 24 heavy (non-hydrogen) atoms. The highest BCUT2D eigenvalue weighted by molar-refractivity contribution is 9.10. The van der Waals surface area contributed by atoms with E-state index in [9.17, 15) is 4.39 Å². The molecule has 3 rings (SSSR count). The lowest BCUT2D eigenvalue weighted by molar-refractivity contribution is 0.613. The average Bonchev–Trinajstić information content (AvgIpc) is 2.58. The zero-order chi connectivity index (χ0) is 16.9. The van der Waals surface area contributed by atoms with E-state index < -0.39 is 0 Å². The number of aromatic nitrogens is 3. The molecule has 0 aliphatic carbocycles. The molecule has 3 aromatic rings. The number of rotatable bonds is 5. The maximum Gasteiger partial charge on any atom is 0.249 e. The molecule has 0 fully saturated rings. The van der Waals surface area contributed by atoms with Crippen LogP contribution >= 0.6 is 15.9 Å². The quantitative estimate of drug-likeness (QED) is 0.677. The summed E-state index contributed by atoms with van der Waals surface area (Å²) in [6.07, 6.45) is 1.50. The lowest BCUT2D eigenvalue weighted by atomic mass is 10.2. The Morgan fingerprint density at radius 2 is 2.00 bits per heavy atom. The van der Waals surface area contributed by atoms with Crippen LogP contribution < -0.4 is 10.6 Å². The Labute approximate surface area is 147 Å². The standard InChI is InChI=1S/C17H15BrFN5/c1-11-6-7-13(8-14(11)18)22-17-23-16(10-21-24-17)20-9-12-4-2-3-5-15(12)19/h2-8,10H,9H2,1H3,(H2,20,22,23,24). The van der Waals surface area contributed by atoms with E-state index in [-0.39, 0.29) is 5.82 Å². The highest BCUT2D eigenvalue weighted by Gasteiger charge is 2.05. The van der Waals surface area contributed by atoms with Crippen LogP contribution in [0.25, 0.3) is 0 Å². The maximum atomic E-state index is 13.6. The van der Waals surface area contributed by atoms with Gasteiger partial charge in [-0.2, -0.15) is 10.1 Å². The molecule has 0 amide bonds. The van der Waals surface area contributed by atoms with Crippen LogP contribution in [0.1, 0.15) is 11.1 Å². The van der Waals surface area contributed by atoms with Gasteiger partial charge in [-0.1, -0.05) is 40.2 Å². The first-order valence-corrected chi connectivity index (χ1v) is 8.11. The van der Waals surface area contributed by atoms with Crippen molar-refractivity contribution in [3.8, 4) is 0 Å². The Kier molecular flexibility index (Phi) is 5.00. The molecule has 122 valence electrons. The fourth-order valence-corrected chi connectivity index (χ4v) is 2.45. The monoisotopic (exact) mass is 387 g/mol. The number of aryl methyl sites for hydroxylation is 1. The predicted molar refractivity (Wildman–Crippen MR) is 95.7 cm³/mol. The summed E-state index contributed by atoms with van der Waals surface area (Å²) in [5, 5.41) is 14.0. The van der Waals surface area contributed by atoms with E-state index in [0.717, 1.165) is 15.7 Å². The molecule has 0 saturated carbocycles. The average molecular weight is 388 g/mol. The van der Waals surface area contributed by atoms with Gasteiger partial charge in [0.15, 0.2) is 5.82 Å². The number of benzene rings is 2. The van der Waals surface area contributed by atoms with Crippen LogP contribution in [0.4, 0.5) is 21.8 Å². The van der Waals surface area contributed by atoms with E-state index in [1.807, 2.05) is 25.1 Å². The maximum absolute atomic E-state index is 13.6. The lowest BCUT2D eigenvalue weighted by Gasteiger charge is -2.09. The number of hydrogen-bond acceptors (Lipinski definition) is 5. The second kappa shape index (κ2) is 7.35. The molecule has 2 N–H and O–H groups in total. The Balaban J connectivity index is 1.69. The third kappa shape index (κ3) is 4.05. The normalized spacial score (nSPS) is 10.5. The molecule has 2 aromatic carbocycles. The topological polar surface area (TPSA) is 62.7 Å². The van der Waals surface area contributed by atoms with Gasteiger partial charge in [0.2, 0.25) is 5.95 Å². The Hall–Kier alpha value is -2.54. The molecule has 0 aliphatic heterocycles. The van der Waals surface area contributed by atoms with Crippen molar-refractivity contribution in [1.82, 2.24) is 15.2 Å². The highest BCUT2D eigenvalue weighted by Crippen LogP contribution is 2.22. The number of halogens is 2. The molecule has 0 unspecified atom stereocenters. The third-order valence-electron chi connectivity index (χ3n) is 3.40. The molecule has 0 bridgehead atoms. The van der Waals surface area contributed by atoms with E-state index in [0.29, 0.717) is 23.9 Å². The Bertz CT molecular complexity index is 856. The SMILES string of the molecule is Cc1ccc(Nc2nncc(NCc3ccccc3F)n2)cc1Br. The smallest absolute Gasteiger partial charge is 0.249 e. The number of hydrogen-bond donors (Lipinski definition) is 2. The van der Waals surface area contributed by atoms with Gasteiger partial charge in [0.1, 0.15) is 5.82 Å². The van der Waals surface area contributed by atoms with Gasteiger partial charge in [0.05, 0.1) is 6.20 Å². The lowest BCUT2D eigenvalue weighted by Crippen LogP contribution is -2.06. The van der Waals surface area contributed by atoms with E-state index in [1.54, 1.807) is 18.2 Å². The summed E-state index contributed by atoms with van der Waals surface area (Å²) in [6, 6.07) is 12.5. The van der Waals surface area contributed by atoms with Crippen LogP contribution in [0.2, 0.25) is 0 Å². The zero-order valence-corrected chi connectivity index (χ0v) is 14.5. The van der Waals surface area contributed by atoms with Crippen molar-refractivity contribution in [3.63, 3.8) is 0 Å². The van der Waals surface area contributed by atoms with Crippen molar-refractivity contribution < 1.29 is 4.39 Å². The van der Waals surface area contributed by atoms with Crippen molar-refractivity contribution in [2.75, 3.05) is 10.6 Å². The van der Waals surface area contributed by atoms with Gasteiger partial charge < -0.3 is 10.6 Å². The van der Waals surface area contributed by atoms with Crippen molar-refractivity contribution >= 4 is 33.4 Å². The highest BCUT2D eigenvalue weighted by atomic mass is 79.9. The minimum Gasteiger partial charge on any atom is -0.364 e. The zero-order valence-electron chi connectivity index (χ0n) is 12.9. The third-order valence-corrected chi connectivity index (χ3v) is 4.26. The second-order valence-electron chi connectivity index (χ2n) is 5.20. The molecule has 0 radical (unpaired) electrons. The van der Waals surface area contributed by atoms with Crippen LogP contribution in [0.5, 0.6) is 0 Å². The first kappa shape index (κ1) is 16.3. The summed E-state index contributed by atoms with van der Waals surface area (Å²) >= 11 is 3.49. The predicted octanol–water partition coefficient (Wildman–Crippen LogP) is 4.44. The van der Waals surface area contributed by atoms with Crippen LogP contribution in [-0.4, -0.2) is 15.2 Å². The summed E-state index contributed by atoms with van der Waals surface area (Å²) < 4.78 is 14.6. The fourth-order valence-electron chi connectivity index (χ4n) is 2.07. The van der Waals surface area contributed by atoms with Crippen LogP contribution in [0.3, 0.4) is 0 Å². The molecule has 5 nitrogen and oxygen atoms in total.